The van der Waals surface area contributed by atoms with Crippen LogP contribution in [0.3, 0.4) is 0 Å². The van der Waals surface area contributed by atoms with E-state index in [1.165, 1.54) is 26.0 Å². The number of esters is 2. The molecule has 0 amide bonds. The predicted molar refractivity (Wildman–Crippen MR) is 158 cm³/mol. The second kappa shape index (κ2) is 16.3. The van der Waals surface area contributed by atoms with Gasteiger partial charge in [0.1, 0.15) is 29.2 Å². The fraction of sp³-hybridized carbons (Fsp3) is 0.152. The number of aliphatic hydroxyl groups is 1. The Kier molecular flexibility index (Phi) is 12.6. The highest BCUT2D eigenvalue weighted by Gasteiger charge is 2.26. The van der Waals surface area contributed by atoms with Crippen molar-refractivity contribution in [3.8, 4) is 5.75 Å². The molecule has 0 aliphatic rings. The van der Waals surface area contributed by atoms with Crippen molar-refractivity contribution in [1.82, 2.24) is 0 Å². The van der Waals surface area contributed by atoms with Crippen LogP contribution in [-0.4, -0.2) is 47.4 Å². The Labute approximate surface area is 271 Å². The van der Waals surface area contributed by atoms with Crippen molar-refractivity contribution < 1.29 is 69.2 Å². The second-order valence-corrected chi connectivity index (χ2v) is 9.53. The number of Topliss-reactive ketones (excluding diaryl/α,β-unsaturated/α-hetero) is 1. The van der Waals surface area contributed by atoms with Crippen LogP contribution in [-0.2, 0) is 19.1 Å². The van der Waals surface area contributed by atoms with E-state index in [4.69, 9.17) is 4.74 Å². The molecule has 4 aromatic rings. The number of carbonyl (C=O) groups excluding carboxylic acids is 3. The molecule has 0 saturated heterocycles. The molecule has 0 heterocycles. The van der Waals surface area contributed by atoms with Crippen LogP contribution >= 0.6 is 0 Å². The summed E-state index contributed by atoms with van der Waals surface area (Å²) >= 11 is 0. The lowest BCUT2D eigenvalue weighted by Crippen LogP contribution is -2.14. The van der Waals surface area contributed by atoms with Crippen molar-refractivity contribution in [3.63, 3.8) is 0 Å². The van der Waals surface area contributed by atoms with Crippen LogP contribution in [0.5, 0.6) is 5.75 Å². The van der Waals surface area contributed by atoms with Gasteiger partial charge in [0.15, 0.2) is 52.3 Å². The maximum absolute atomic E-state index is 14.1. The Hall–Kier alpha value is -5.80. The number of benzene rings is 4. The Morgan fingerprint density at radius 2 is 1.22 bits per heavy atom. The molecule has 0 fully saturated rings. The molecule has 258 valence electrons. The van der Waals surface area contributed by atoms with Crippen molar-refractivity contribution in [2.45, 2.75) is 20.3 Å². The van der Waals surface area contributed by atoms with Gasteiger partial charge in [-0.3, -0.25) is 14.6 Å². The standard InChI is InChI=1S/C22H15F4NO4.C11H8F4O3/c1-2-31-22(30)14(21(29)13-9-15(23)19(25)20(26)18(13)24)10-27-16-7-11-5-3-4-6-12(11)8-17(16)28;1-2-18-8(17)4-7(16)5-3-6(12)10(14)11(15)9(5)13/h3-10,28-29H,2H2,1H3;3H,2,4H2,1H3. The number of aliphatic imine (C=N–C) groups is 1. The highest BCUT2D eigenvalue weighted by atomic mass is 19.2. The number of carbonyl (C=O) groups is 3. The van der Waals surface area contributed by atoms with E-state index in [1.807, 2.05) is 0 Å². The molecule has 0 atom stereocenters. The Bertz CT molecular complexity index is 2000. The van der Waals surface area contributed by atoms with Gasteiger partial charge in [-0.05, 0) is 48.9 Å². The number of rotatable bonds is 9. The molecular formula is C33H23F8NO7. The molecule has 49 heavy (non-hydrogen) atoms. The molecule has 0 spiro atoms. The van der Waals surface area contributed by atoms with Gasteiger partial charge >= 0.3 is 11.9 Å². The zero-order valence-corrected chi connectivity index (χ0v) is 25.2. The molecule has 0 aliphatic carbocycles. The number of ketones is 1. The SMILES string of the molecule is CCOC(=O)C(C=Nc1cc2ccccc2cc1O)=C(O)c1cc(F)c(F)c(F)c1F.CCOC(=O)CC(=O)c1cc(F)c(F)c(F)c1F. The molecule has 2 N–H and O–H groups in total. The first kappa shape index (κ1) is 37.7. The lowest BCUT2D eigenvalue weighted by atomic mass is 10.1. The normalized spacial score (nSPS) is 11.6. The highest BCUT2D eigenvalue weighted by Crippen LogP contribution is 2.32. The van der Waals surface area contributed by atoms with Gasteiger partial charge in [0.25, 0.3) is 0 Å². The maximum atomic E-state index is 14.1. The van der Waals surface area contributed by atoms with Crippen LogP contribution < -0.4 is 0 Å². The van der Waals surface area contributed by atoms with Gasteiger partial charge in [0.2, 0.25) is 0 Å². The lowest BCUT2D eigenvalue weighted by molar-refractivity contribution is -0.142. The van der Waals surface area contributed by atoms with Crippen LogP contribution in [0.2, 0.25) is 0 Å². The van der Waals surface area contributed by atoms with E-state index < -0.39 is 93.1 Å². The van der Waals surface area contributed by atoms with E-state index in [2.05, 4.69) is 9.73 Å². The summed E-state index contributed by atoms with van der Waals surface area (Å²) in [4.78, 5) is 38.5. The second-order valence-electron chi connectivity index (χ2n) is 9.53. The highest BCUT2D eigenvalue weighted by molar-refractivity contribution is 6.15. The van der Waals surface area contributed by atoms with Gasteiger partial charge in [-0.2, -0.15) is 0 Å². The summed E-state index contributed by atoms with van der Waals surface area (Å²) in [5.74, 6) is -20.4. The van der Waals surface area contributed by atoms with Crippen LogP contribution in [0.25, 0.3) is 16.5 Å². The molecule has 0 unspecified atom stereocenters. The summed E-state index contributed by atoms with van der Waals surface area (Å²) in [5.41, 5.74) is -2.91. The molecular weight excluding hydrogens is 674 g/mol. The third kappa shape index (κ3) is 8.77. The van der Waals surface area contributed by atoms with Crippen molar-refractivity contribution >= 4 is 46.2 Å². The minimum absolute atomic E-state index is 0.000730. The molecule has 0 bridgehead atoms. The Balaban J connectivity index is 0.000000308. The fourth-order valence-corrected chi connectivity index (χ4v) is 3.98. The summed E-state index contributed by atoms with van der Waals surface area (Å²) in [6, 6.07) is 10.3. The van der Waals surface area contributed by atoms with E-state index in [0.717, 1.165) is 6.21 Å². The van der Waals surface area contributed by atoms with Crippen molar-refractivity contribution in [1.29, 1.82) is 0 Å². The van der Waals surface area contributed by atoms with Crippen LogP contribution in [0.4, 0.5) is 40.8 Å². The topological polar surface area (TPSA) is 122 Å². The molecule has 4 aromatic carbocycles. The van der Waals surface area contributed by atoms with Crippen molar-refractivity contribution in [3.05, 3.63) is 112 Å². The third-order valence-corrected chi connectivity index (χ3v) is 6.30. The lowest BCUT2D eigenvalue weighted by Gasteiger charge is -2.09. The van der Waals surface area contributed by atoms with Gasteiger partial charge in [0, 0.05) is 6.21 Å². The molecule has 0 radical (unpaired) electrons. The molecule has 0 aliphatic heterocycles. The van der Waals surface area contributed by atoms with Crippen LogP contribution in [0.1, 0.15) is 36.2 Å². The van der Waals surface area contributed by atoms with E-state index >= 15 is 0 Å². The summed E-state index contributed by atoms with van der Waals surface area (Å²) in [7, 11) is 0. The number of fused-ring (bicyclic) bond motifs is 1. The fourth-order valence-electron chi connectivity index (χ4n) is 3.98. The van der Waals surface area contributed by atoms with Gasteiger partial charge in [-0.1, -0.05) is 24.3 Å². The van der Waals surface area contributed by atoms with Crippen molar-refractivity contribution in [2.75, 3.05) is 13.2 Å². The van der Waals surface area contributed by atoms with Crippen LogP contribution in [0.15, 0.2) is 59.1 Å². The summed E-state index contributed by atoms with van der Waals surface area (Å²) in [5, 5.41) is 21.9. The van der Waals surface area contributed by atoms with E-state index in [-0.39, 0.29) is 36.8 Å². The number of aliphatic hydroxyl groups excluding tert-OH is 1. The first-order chi connectivity index (χ1) is 23.1. The van der Waals surface area contributed by atoms with Gasteiger partial charge in [-0.15, -0.1) is 0 Å². The minimum atomic E-state index is -2.16. The smallest absolute Gasteiger partial charge is 0.343 e. The first-order valence-corrected chi connectivity index (χ1v) is 13.8. The van der Waals surface area contributed by atoms with E-state index in [0.29, 0.717) is 10.8 Å². The summed E-state index contributed by atoms with van der Waals surface area (Å²) < 4.78 is 115. The quantitative estimate of drug-likeness (QED) is 0.0211. The number of phenolic OH excluding ortho intramolecular Hbond substituents is 1. The molecule has 0 saturated carbocycles. The number of nitrogens with zero attached hydrogens (tertiary/aromatic N) is 1. The molecule has 8 nitrogen and oxygen atoms in total. The summed E-state index contributed by atoms with van der Waals surface area (Å²) in [6.07, 6.45) is -0.134. The largest absolute Gasteiger partial charge is 0.506 e. The third-order valence-electron chi connectivity index (χ3n) is 6.30. The van der Waals surface area contributed by atoms with Gasteiger partial charge in [0.05, 0.1) is 24.3 Å². The van der Waals surface area contributed by atoms with E-state index in [1.54, 1.807) is 24.3 Å². The molecule has 4 rings (SSSR count). The maximum Gasteiger partial charge on any atom is 0.343 e. The number of ether oxygens (including phenoxy) is 2. The molecule has 16 heteroatoms. The van der Waals surface area contributed by atoms with Gasteiger partial charge in [-0.25, -0.2) is 39.9 Å². The number of hydrogen-bond donors (Lipinski definition) is 2. The average molecular weight is 698 g/mol. The van der Waals surface area contributed by atoms with E-state index in [9.17, 15) is 59.7 Å². The van der Waals surface area contributed by atoms with Gasteiger partial charge < -0.3 is 19.7 Å². The number of halogens is 8. The zero-order chi connectivity index (χ0) is 36.6. The Morgan fingerprint density at radius 1 is 0.714 bits per heavy atom. The van der Waals surface area contributed by atoms with Crippen LogP contribution in [0, 0.1) is 46.5 Å². The molecule has 0 aromatic heterocycles. The average Bonchev–Trinajstić information content (AvgIpc) is 3.06. The summed E-state index contributed by atoms with van der Waals surface area (Å²) in [6.45, 7) is 2.80. The monoisotopic (exact) mass is 697 g/mol. The van der Waals surface area contributed by atoms with Crippen molar-refractivity contribution in [2.24, 2.45) is 4.99 Å². The first-order valence-electron chi connectivity index (χ1n) is 13.8. The minimum Gasteiger partial charge on any atom is -0.506 e. The predicted octanol–water partition coefficient (Wildman–Crippen LogP) is 7.72. The number of aromatic hydroxyl groups is 1. The number of phenols is 1. The zero-order valence-electron chi connectivity index (χ0n) is 25.2. The number of hydrogen-bond acceptors (Lipinski definition) is 8. The Morgan fingerprint density at radius 3 is 1.78 bits per heavy atom.